The van der Waals surface area contributed by atoms with Crippen LogP contribution in [0.2, 0.25) is 0 Å². The Bertz CT molecular complexity index is 1490. The van der Waals surface area contributed by atoms with E-state index in [-0.39, 0.29) is 49.6 Å². The van der Waals surface area contributed by atoms with Crippen molar-refractivity contribution in [2.75, 3.05) is 6.61 Å². The number of aliphatic hydroxyl groups is 6. The minimum absolute atomic E-state index is 0.0322. The van der Waals surface area contributed by atoms with Gasteiger partial charge in [0.25, 0.3) is 0 Å². The second-order valence-corrected chi connectivity index (χ2v) is 16.8. The highest BCUT2D eigenvalue weighted by molar-refractivity contribution is 5.99. The van der Waals surface area contributed by atoms with Crippen LogP contribution in [0.5, 0.6) is 0 Å². The van der Waals surface area contributed by atoms with Crippen LogP contribution in [0.3, 0.4) is 0 Å². The normalized spacial score (nSPS) is 42.9. The number of allylic oxidation sites excluding steroid dienone is 4. The SMILES string of the molecule is CC(=O)OC(C)(C)CCC(=O)C(C)(O)C1[C@H](O)C[C@@]2(C)[C@@H]3CC=C4C(C)=C(OC5O[C@H](CO)[C@@H](O)[C@H](O)[C@H]5O)C(=O)C[C@H]4[C@]3(C)C(=O)C[C@]12C. The first-order chi connectivity index (χ1) is 23.0. The van der Waals surface area contributed by atoms with Crippen molar-refractivity contribution in [2.24, 2.45) is 34.0 Å². The lowest BCUT2D eigenvalue weighted by molar-refractivity contribution is -0.291. The monoisotopic (exact) mass is 706 g/mol. The maximum Gasteiger partial charge on any atom is 0.303 e. The Labute approximate surface area is 292 Å². The zero-order valence-corrected chi connectivity index (χ0v) is 30.3. The van der Waals surface area contributed by atoms with E-state index >= 15 is 0 Å². The number of carbonyl (C=O) groups excluding carboxylic acids is 4. The van der Waals surface area contributed by atoms with Gasteiger partial charge in [0.1, 0.15) is 41.4 Å². The van der Waals surface area contributed by atoms with Gasteiger partial charge in [-0.15, -0.1) is 0 Å². The number of fused-ring (bicyclic) bond motifs is 5. The number of Topliss-reactive ketones (excluding diaryl/α,β-unsaturated/α-hetero) is 3. The molecule has 3 unspecified atom stereocenters. The van der Waals surface area contributed by atoms with Crippen molar-refractivity contribution < 1.29 is 64.0 Å². The topological polar surface area (TPSA) is 217 Å². The van der Waals surface area contributed by atoms with E-state index < -0.39 is 100 Å². The van der Waals surface area contributed by atoms with Crippen LogP contribution >= 0.6 is 0 Å². The molecular weight excluding hydrogens is 652 g/mol. The summed E-state index contributed by atoms with van der Waals surface area (Å²) < 4.78 is 16.7. The van der Waals surface area contributed by atoms with Gasteiger partial charge in [-0.05, 0) is 74.9 Å². The third-order valence-electron chi connectivity index (χ3n) is 13.3. The average molecular weight is 707 g/mol. The van der Waals surface area contributed by atoms with Crippen LogP contribution in [0.4, 0.5) is 0 Å². The summed E-state index contributed by atoms with van der Waals surface area (Å²) in [6.45, 7) is 12.8. The summed E-state index contributed by atoms with van der Waals surface area (Å²) in [5.41, 5.74) is -4.49. The predicted molar refractivity (Wildman–Crippen MR) is 176 cm³/mol. The third-order valence-corrected chi connectivity index (χ3v) is 13.3. The highest BCUT2D eigenvalue weighted by atomic mass is 16.7. The van der Waals surface area contributed by atoms with Crippen LogP contribution in [-0.4, -0.2) is 109 Å². The molecule has 13 atom stereocenters. The second-order valence-electron chi connectivity index (χ2n) is 16.8. The first-order valence-electron chi connectivity index (χ1n) is 17.6. The van der Waals surface area contributed by atoms with Gasteiger partial charge in [-0.3, -0.25) is 19.2 Å². The van der Waals surface area contributed by atoms with Gasteiger partial charge in [-0.2, -0.15) is 0 Å². The molecule has 4 aliphatic carbocycles. The van der Waals surface area contributed by atoms with Crippen molar-refractivity contribution in [3.63, 3.8) is 0 Å². The molecule has 3 fully saturated rings. The van der Waals surface area contributed by atoms with Crippen LogP contribution in [0.1, 0.15) is 93.9 Å². The molecule has 0 radical (unpaired) electrons. The molecule has 1 aliphatic heterocycles. The number of hydrogen-bond donors (Lipinski definition) is 6. The number of rotatable bonds is 9. The van der Waals surface area contributed by atoms with Crippen molar-refractivity contribution in [2.45, 2.75) is 142 Å². The lowest BCUT2D eigenvalue weighted by Gasteiger charge is -2.63. The van der Waals surface area contributed by atoms with Crippen LogP contribution in [0, 0.1) is 34.0 Å². The molecule has 0 spiro atoms. The second kappa shape index (κ2) is 12.9. The molecule has 2 saturated carbocycles. The Kier molecular flexibility index (Phi) is 9.95. The molecule has 13 nitrogen and oxygen atoms in total. The Hall–Kier alpha value is -2.52. The van der Waals surface area contributed by atoms with Gasteiger partial charge < -0.3 is 44.8 Å². The van der Waals surface area contributed by atoms with Crippen molar-refractivity contribution >= 4 is 23.3 Å². The lowest BCUT2D eigenvalue weighted by Crippen LogP contribution is -2.64. The first-order valence-corrected chi connectivity index (χ1v) is 17.6. The third kappa shape index (κ3) is 5.81. The number of hydrogen-bond acceptors (Lipinski definition) is 13. The molecular formula is C37H54O13. The van der Waals surface area contributed by atoms with Gasteiger partial charge in [0.2, 0.25) is 6.29 Å². The molecule has 0 aromatic carbocycles. The fourth-order valence-corrected chi connectivity index (χ4v) is 10.5. The Balaban J connectivity index is 1.45. The lowest BCUT2D eigenvalue weighted by atomic mass is 9.39. The summed E-state index contributed by atoms with van der Waals surface area (Å²) in [5, 5.41) is 64.1. The van der Waals surface area contributed by atoms with Crippen LogP contribution in [-0.2, 0) is 33.4 Å². The van der Waals surface area contributed by atoms with E-state index in [0.29, 0.717) is 12.0 Å². The van der Waals surface area contributed by atoms with E-state index in [1.807, 2.05) is 26.8 Å². The van der Waals surface area contributed by atoms with Gasteiger partial charge in [0.05, 0.1) is 12.7 Å². The van der Waals surface area contributed by atoms with Crippen LogP contribution in [0.25, 0.3) is 0 Å². The maximum atomic E-state index is 14.6. The Morgan fingerprint density at radius 2 is 1.66 bits per heavy atom. The first kappa shape index (κ1) is 38.7. The number of esters is 1. The minimum Gasteiger partial charge on any atom is -0.460 e. The summed E-state index contributed by atoms with van der Waals surface area (Å²) in [5.74, 6) is -3.51. The van der Waals surface area contributed by atoms with Crippen molar-refractivity contribution in [3.05, 3.63) is 23.0 Å². The fourth-order valence-electron chi connectivity index (χ4n) is 10.5. The van der Waals surface area contributed by atoms with Gasteiger partial charge in [-0.1, -0.05) is 26.8 Å². The van der Waals surface area contributed by atoms with E-state index in [1.54, 1.807) is 20.8 Å². The summed E-state index contributed by atoms with van der Waals surface area (Å²) in [6.07, 6.45) is -6.29. The summed E-state index contributed by atoms with van der Waals surface area (Å²) in [7, 11) is 0. The molecule has 0 amide bonds. The predicted octanol–water partition coefficient (Wildman–Crippen LogP) is 1.43. The van der Waals surface area contributed by atoms with E-state index in [4.69, 9.17) is 14.2 Å². The molecule has 1 saturated heterocycles. The molecule has 280 valence electrons. The molecule has 6 N–H and O–H groups in total. The zero-order chi connectivity index (χ0) is 37.5. The van der Waals surface area contributed by atoms with E-state index in [9.17, 15) is 49.8 Å². The van der Waals surface area contributed by atoms with E-state index in [2.05, 4.69) is 0 Å². The van der Waals surface area contributed by atoms with Crippen molar-refractivity contribution in [1.82, 2.24) is 0 Å². The Morgan fingerprint density at radius 3 is 2.26 bits per heavy atom. The maximum absolute atomic E-state index is 14.6. The van der Waals surface area contributed by atoms with E-state index in [0.717, 1.165) is 5.57 Å². The molecule has 50 heavy (non-hydrogen) atoms. The number of ketones is 3. The van der Waals surface area contributed by atoms with Crippen molar-refractivity contribution in [3.8, 4) is 0 Å². The quantitative estimate of drug-likeness (QED) is 0.187. The number of ether oxygens (including phenoxy) is 3. The van der Waals surface area contributed by atoms with Crippen LogP contribution in [0.15, 0.2) is 23.0 Å². The number of aliphatic hydroxyl groups excluding tert-OH is 5. The molecule has 0 aromatic heterocycles. The smallest absolute Gasteiger partial charge is 0.303 e. The van der Waals surface area contributed by atoms with Gasteiger partial charge in [0.15, 0.2) is 17.3 Å². The fraction of sp³-hybridized carbons (Fsp3) is 0.784. The standard InChI is InChI=1S/C37H54O13/c1-17-19-9-10-24-34(5)14-22(41)31(37(8,47)25(42)11-12-33(3,4)50-18(2)39)35(34,6)15-26(43)36(24,7)20(19)13-21(40)30(17)49-32-29(46)28(45)27(44)23(16-38)48-32/h9,20,22-24,27-29,31-32,38,41,44-47H,10-16H2,1-8H3/t20-,22-,23-,24+,27-,28+,29-,31?,32?,34+,35-,36+,37?/m1/s1. The van der Waals surface area contributed by atoms with E-state index in [1.165, 1.54) is 13.8 Å². The average Bonchev–Trinajstić information content (AvgIpc) is 3.22. The highest BCUT2D eigenvalue weighted by Crippen LogP contribution is 2.73. The largest absolute Gasteiger partial charge is 0.460 e. The van der Waals surface area contributed by atoms with Gasteiger partial charge >= 0.3 is 5.97 Å². The summed E-state index contributed by atoms with van der Waals surface area (Å²) in [4.78, 5) is 53.6. The molecule has 0 aromatic rings. The van der Waals surface area contributed by atoms with Crippen molar-refractivity contribution in [1.29, 1.82) is 0 Å². The molecule has 0 bridgehead atoms. The number of carbonyl (C=O) groups is 4. The summed E-state index contributed by atoms with van der Waals surface area (Å²) in [6, 6.07) is 0. The van der Waals surface area contributed by atoms with Gasteiger partial charge in [0, 0.05) is 43.4 Å². The van der Waals surface area contributed by atoms with Gasteiger partial charge in [-0.25, -0.2) is 0 Å². The molecule has 13 heteroatoms. The highest BCUT2D eigenvalue weighted by Gasteiger charge is 2.74. The Morgan fingerprint density at radius 1 is 1.02 bits per heavy atom. The zero-order valence-electron chi connectivity index (χ0n) is 30.3. The molecule has 5 rings (SSSR count). The summed E-state index contributed by atoms with van der Waals surface area (Å²) >= 11 is 0. The van der Waals surface area contributed by atoms with Crippen LogP contribution < -0.4 is 0 Å². The minimum atomic E-state index is -1.99. The molecule has 1 heterocycles. The molecule has 5 aliphatic rings.